The van der Waals surface area contributed by atoms with Crippen LogP contribution in [0.3, 0.4) is 0 Å². The molecule has 7 heteroatoms. The fraction of sp³-hybridized carbons (Fsp3) is 0.217. The van der Waals surface area contributed by atoms with E-state index in [9.17, 15) is 19.1 Å². The molecule has 1 heterocycles. The number of benzene rings is 2. The van der Waals surface area contributed by atoms with Gasteiger partial charge in [0.1, 0.15) is 12.4 Å². The zero-order chi connectivity index (χ0) is 21.7. The average Bonchev–Trinajstić information content (AvgIpc) is 2.74. The summed E-state index contributed by atoms with van der Waals surface area (Å²) >= 11 is 0. The number of pyridine rings is 1. The molecule has 30 heavy (non-hydrogen) atoms. The van der Waals surface area contributed by atoms with E-state index in [1.54, 1.807) is 0 Å². The lowest BCUT2D eigenvalue weighted by Crippen LogP contribution is -2.25. The van der Waals surface area contributed by atoms with Crippen molar-refractivity contribution in [2.75, 3.05) is 0 Å². The van der Waals surface area contributed by atoms with Gasteiger partial charge in [-0.15, -0.1) is 0 Å². The molecule has 6 nitrogen and oxygen atoms in total. The SMILES string of the molecule is Cc1c(O)c(OCc2ccccc2)c(-c2ccc(F)cc2)n(CCCC(=O)O)c1=O. The summed E-state index contributed by atoms with van der Waals surface area (Å²) in [5.74, 6) is -1.60. The first-order chi connectivity index (χ1) is 14.4. The Morgan fingerprint density at radius 2 is 1.77 bits per heavy atom. The minimum atomic E-state index is -0.970. The van der Waals surface area contributed by atoms with Gasteiger partial charge in [-0.1, -0.05) is 30.3 Å². The molecule has 2 N–H and O–H groups in total. The number of aromatic hydroxyl groups is 1. The summed E-state index contributed by atoms with van der Waals surface area (Å²) in [6.07, 6.45) is 0.0984. The third-order valence-corrected chi connectivity index (χ3v) is 4.74. The Bertz CT molecular complexity index is 1090. The Kier molecular flexibility index (Phi) is 6.51. The van der Waals surface area contributed by atoms with Gasteiger partial charge in [0.15, 0.2) is 11.5 Å². The minimum absolute atomic E-state index is 0.0953. The number of carboxylic acid groups (broad SMARTS) is 1. The molecule has 0 unspecified atom stereocenters. The molecule has 0 amide bonds. The van der Waals surface area contributed by atoms with Crippen molar-refractivity contribution in [2.24, 2.45) is 0 Å². The van der Waals surface area contributed by atoms with E-state index in [4.69, 9.17) is 9.84 Å². The summed E-state index contributed by atoms with van der Waals surface area (Å²) in [7, 11) is 0. The summed E-state index contributed by atoms with van der Waals surface area (Å²) in [6, 6.07) is 14.8. The van der Waals surface area contributed by atoms with Crippen LogP contribution in [-0.4, -0.2) is 20.7 Å². The van der Waals surface area contributed by atoms with Gasteiger partial charge in [0.2, 0.25) is 0 Å². The molecule has 0 aliphatic rings. The Labute approximate surface area is 172 Å². The van der Waals surface area contributed by atoms with E-state index in [1.807, 2.05) is 30.3 Å². The van der Waals surface area contributed by atoms with E-state index in [0.29, 0.717) is 5.56 Å². The fourth-order valence-corrected chi connectivity index (χ4v) is 3.17. The van der Waals surface area contributed by atoms with Crippen LogP contribution in [0.1, 0.15) is 24.0 Å². The summed E-state index contributed by atoms with van der Waals surface area (Å²) < 4.78 is 20.8. The summed E-state index contributed by atoms with van der Waals surface area (Å²) in [5.41, 5.74) is 1.26. The topological polar surface area (TPSA) is 88.8 Å². The second-order valence-corrected chi connectivity index (χ2v) is 6.89. The molecule has 0 fully saturated rings. The predicted molar refractivity (Wildman–Crippen MR) is 110 cm³/mol. The van der Waals surface area contributed by atoms with Gasteiger partial charge in [0, 0.05) is 18.5 Å². The first-order valence-corrected chi connectivity index (χ1v) is 9.49. The second kappa shape index (κ2) is 9.26. The minimum Gasteiger partial charge on any atom is -0.504 e. The maximum absolute atomic E-state index is 13.5. The lowest BCUT2D eigenvalue weighted by atomic mass is 10.1. The van der Waals surface area contributed by atoms with Crippen LogP contribution in [0, 0.1) is 12.7 Å². The van der Waals surface area contributed by atoms with Crippen LogP contribution in [0.5, 0.6) is 11.5 Å². The highest BCUT2D eigenvalue weighted by Gasteiger charge is 2.22. The third kappa shape index (κ3) is 4.68. The first kappa shape index (κ1) is 21.1. The molecule has 0 aliphatic heterocycles. The number of halogens is 1. The zero-order valence-corrected chi connectivity index (χ0v) is 16.5. The number of hydrogen-bond acceptors (Lipinski definition) is 4. The molecule has 0 atom stereocenters. The molecule has 1 aromatic heterocycles. The van der Waals surface area contributed by atoms with Gasteiger partial charge < -0.3 is 19.5 Å². The number of hydrogen-bond donors (Lipinski definition) is 2. The van der Waals surface area contributed by atoms with E-state index >= 15 is 0 Å². The van der Waals surface area contributed by atoms with Gasteiger partial charge in [-0.05, 0) is 43.2 Å². The number of aliphatic carboxylic acids is 1. The Morgan fingerprint density at radius 3 is 2.40 bits per heavy atom. The monoisotopic (exact) mass is 411 g/mol. The highest BCUT2D eigenvalue weighted by atomic mass is 19.1. The lowest BCUT2D eigenvalue weighted by Gasteiger charge is -2.20. The Hall–Kier alpha value is -3.61. The van der Waals surface area contributed by atoms with Crippen LogP contribution >= 0.6 is 0 Å². The molecule has 0 bridgehead atoms. The van der Waals surface area contributed by atoms with Gasteiger partial charge in [-0.25, -0.2) is 4.39 Å². The molecular formula is C23H22FNO5. The zero-order valence-electron chi connectivity index (χ0n) is 16.5. The van der Waals surface area contributed by atoms with Crippen LogP contribution in [0.15, 0.2) is 59.4 Å². The molecule has 0 aliphatic carbocycles. The second-order valence-electron chi connectivity index (χ2n) is 6.89. The summed E-state index contributed by atoms with van der Waals surface area (Å²) in [6.45, 7) is 1.74. The number of carboxylic acids is 1. The van der Waals surface area contributed by atoms with E-state index in [2.05, 4.69) is 0 Å². The normalized spacial score (nSPS) is 10.7. The molecule has 2 aromatic carbocycles. The van der Waals surface area contributed by atoms with Gasteiger partial charge in [-0.3, -0.25) is 9.59 Å². The van der Waals surface area contributed by atoms with Crippen molar-refractivity contribution in [2.45, 2.75) is 32.9 Å². The molecule has 3 aromatic rings. The molecule has 3 rings (SSSR count). The van der Waals surface area contributed by atoms with Crippen molar-refractivity contribution in [3.8, 4) is 22.8 Å². The molecule has 156 valence electrons. The quantitative estimate of drug-likeness (QED) is 0.582. The van der Waals surface area contributed by atoms with Gasteiger partial charge in [0.05, 0.1) is 11.3 Å². The maximum Gasteiger partial charge on any atom is 0.303 e. The molecule has 0 radical (unpaired) electrons. The number of aromatic nitrogens is 1. The van der Waals surface area contributed by atoms with Crippen molar-refractivity contribution in [1.82, 2.24) is 4.57 Å². The molecule has 0 saturated carbocycles. The molecule has 0 saturated heterocycles. The molecule has 0 spiro atoms. The predicted octanol–water partition coefficient (Wildman–Crippen LogP) is 4.11. The van der Waals surface area contributed by atoms with Crippen molar-refractivity contribution >= 4 is 5.97 Å². The van der Waals surface area contributed by atoms with E-state index in [0.717, 1.165) is 5.56 Å². The highest BCUT2D eigenvalue weighted by Crippen LogP contribution is 2.39. The standard InChI is InChI=1S/C23H22FNO5/c1-15-21(28)22(30-14-16-6-3-2-4-7-16)20(17-9-11-18(24)12-10-17)25(23(15)29)13-5-8-19(26)27/h2-4,6-7,9-12,28H,5,8,13-14H2,1H3,(H,26,27). The summed E-state index contributed by atoms with van der Waals surface area (Å²) in [4.78, 5) is 23.8. The first-order valence-electron chi connectivity index (χ1n) is 9.49. The van der Waals surface area contributed by atoms with Crippen molar-refractivity contribution in [3.05, 3.63) is 81.9 Å². The number of rotatable bonds is 8. The Balaban J connectivity index is 2.12. The van der Waals surface area contributed by atoms with Crippen molar-refractivity contribution in [1.29, 1.82) is 0 Å². The van der Waals surface area contributed by atoms with Crippen LogP contribution in [0.25, 0.3) is 11.3 Å². The lowest BCUT2D eigenvalue weighted by molar-refractivity contribution is -0.137. The van der Waals surface area contributed by atoms with E-state index in [1.165, 1.54) is 35.8 Å². The van der Waals surface area contributed by atoms with Crippen molar-refractivity contribution < 1.29 is 24.1 Å². The van der Waals surface area contributed by atoms with Crippen LogP contribution in [0.2, 0.25) is 0 Å². The van der Waals surface area contributed by atoms with Crippen LogP contribution in [-0.2, 0) is 17.9 Å². The largest absolute Gasteiger partial charge is 0.504 e. The number of nitrogens with zero attached hydrogens (tertiary/aromatic N) is 1. The smallest absolute Gasteiger partial charge is 0.303 e. The van der Waals surface area contributed by atoms with Gasteiger partial charge in [-0.2, -0.15) is 0 Å². The van der Waals surface area contributed by atoms with Crippen molar-refractivity contribution in [3.63, 3.8) is 0 Å². The summed E-state index contributed by atoms with van der Waals surface area (Å²) in [5, 5.41) is 19.6. The molecular weight excluding hydrogens is 389 g/mol. The van der Waals surface area contributed by atoms with Gasteiger partial charge >= 0.3 is 5.97 Å². The Morgan fingerprint density at radius 1 is 1.10 bits per heavy atom. The van der Waals surface area contributed by atoms with Crippen LogP contribution in [0.4, 0.5) is 4.39 Å². The average molecular weight is 411 g/mol. The highest BCUT2D eigenvalue weighted by molar-refractivity contribution is 5.71. The van der Waals surface area contributed by atoms with Gasteiger partial charge in [0.25, 0.3) is 5.56 Å². The number of carbonyl (C=O) groups is 1. The van der Waals surface area contributed by atoms with Crippen LogP contribution < -0.4 is 10.3 Å². The number of ether oxygens (including phenoxy) is 1. The van der Waals surface area contributed by atoms with E-state index in [-0.39, 0.29) is 48.7 Å². The third-order valence-electron chi connectivity index (χ3n) is 4.74. The fourth-order valence-electron chi connectivity index (χ4n) is 3.17. The maximum atomic E-state index is 13.5. The van der Waals surface area contributed by atoms with E-state index < -0.39 is 17.3 Å².